The van der Waals surface area contributed by atoms with E-state index < -0.39 is 24.0 Å². The van der Waals surface area contributed by atoms with Crippen LogP contribution in [0, 0.1) is 11.8 Å². The molecule has 0 saturated heterocycles. The normalized spacial score (nSPS) is 17.8. The van der Waals surface area contributed by atoms with Crippen molar-refractivity contribution in [2.75, 3.05) is 31.3 Å². The van der Waals surface area contributed by atoms with E-state index in [0.717, 1.165) is 5.56 Å². The van der Waals surface area contributed by atoms with E-state index in [-0.39, 0.29) is 37.5 Å². The lowest BCUT2D eigenvalue weighted by Crippen LogP contribution is -2.29. The van der Waals surface area contributed by atoms with Crippen LogP contribution in [0.15, 0.2) is 48.5 Å². The maximum absolute atomic E-state index is 12.8. The van der Waals surface area contributed by atoms with Gasteiger partial charge in [0, 0.05) is 17.5 Å². The molecule has 0 aromatic heterocycles. The smallest absolute Gasteiger partial charge is 0.391 e. The SMILES string of the molecule is Nc1cc(N)cc(C(=O)OCCCCOC(=O)/C=C/c2ccc(OCC3CCC(C(F)(F)F)CC3)cc2)c1. The Morgan fingerprint density at radius 1 is 0.895 bits per heavy atom. The molecule has 0 radical (unpaired) electrons. The molecule has 1 aliphatic carbocycles. The molecule has 7 nitrogen and oxygen atoms in total. The Morgan fingerprint density at radius 2 is 1.50 bits per heavy atom. The number of esters is 2. The Morgan fingerprint density at radius 3 is 2.11 bits per heavy atom. The van der Waals surface area contributed by atoms with Crippen molar-refractivity contribution < 1.29 is 37.0 Å². The molecule has 2 aromatic carbocycles. The number of anilines is 2. The Labute approximate surface area is 219 Å². The summed E-state index contributed by atoms with van der Waals surface area (Å²) in [5, 5.41) is 0. The second-order valence-corrected chi connectivity index (χ2v) is 9.37. The minimum atomic E-state index is -4.10. The van der Waals surface area contributed by atoms with Gasteiger partial charge in [0.1, 0.15) is 5.75 Å². The van der Waals surface area contributed by atoms with Crippen LogP contribution in [0.4, 0.5) is 24.5 Å². The zero-order valence-corrected chi connectivity index (χ0v) is 21.0. The number of halogens is 3. The number of benzene rings is 2. The number of rotatable bonds is 11. The Hall–Kier alpha value is -3.69. The lowest BCUT2D eigenvalue weighted by atomic mass is 9.82. The number of hydrogen-bond donors (Lipinski definition) is 2. The zero-order valence-electron chi connectivity index (χ0n) is 21.0. The molecule has 206 valence electrons. The van der Waals surface area contributed by atoms with Crippen LogP contribution in [-0.4, -0.2) is 37.9 Å². The standard InChI is InChI=1S/C28H33F3N2O5/c29-28(30,31)22-8-3-20(4-9-22)18-38-25-10-5-19(6-11-25)7-12-26(34)36-13-1-2-14-37-27(35)21-15-23(32)17-24(33)16-21/h5-7,10-12,15-17,20,22H,1-4,8-9,13-14,18,32-33H2/b12-7+. The van der Waals surface area contributed by atoms with Gasteiger partial charge in [0.25, 0.3) is 0 Å². The van der Waals surface area contributed by atoms with Crippen molar-refractivity contribution in [2.45, 2.75) is 44.7 Å². The van der Waals surface area contributed by atoms with Gasteiger partial charge < -0.3 is 25.7 Å². The maximum Gasteiger partial charge on any atom is 0.391 e. The lowest BCUT2D eigenvalue weighted by molar-refractivity contribution is -0.184. The second-order valence-electron chi connectivity index (χ2n) is 9.37. The van der Waals surface area contributed by atoms with Gasteiger partial charge in [-0.1, -0.05) is 12.1 Å². The van der Waals surface area contributed by atoms with Crippen molar-refractivity contribution >= 4 is 29.4 Å². The molecule has 0 spiro atoms. The van der Waals surface area contributed by atoms with Gasteiger partial charge in [0.2, 0.25) is 0 Å². The van der Waals surface area contributed by atoms with Crippen LogP contribution >= 0.6 is 0 Å². The monoisotopic (exact) mass is 534 g/mol. The van der Waals surface area contributed by atoms with Crippen LogP contribution in [-0.2, 0) is 14.3 Å². The molecule has 38 heavy (non-hydrogen) atoms. The third kappa shape index (κ3) is 9.64. The summed E-state index contributed by atoms with van der Waals surface area (Å²) >= 11 is 0. The van der Waals surface area contributed by atoms with Gasteiger partial charge >= 0.3 is 18.1 Å². The van der Waals surface area contributed by atoms with Gasteiger partial charge in [-0.25, -0.2) is 9.59 Å². The fraction of sp³-hybridized carbons (Fsp3) is 0.429. The molecule has 1 saturated carbocycles. The summed E-state index contributed by atoms with van der Waals surface area (Å²) in [5.41, 5.74) is 13.1. The van der Waals surface area contributed by atoms with Crippen molar-refractivity contribution in [2.24, 2.45) is 11.8 Å². The van der Waals surface area contributed by atoms with Crippen LogP contribution in [0.1, 0.15) is 54.4 Å². The first-order chi connectivity index (χ1) is 18.1. The van der Waals surface area contributed by atoms with E-state index >= 15 is 0 Å². The van der Waals surface area contributed by atoms with E-state index in [9.17, 15) is 22.8 Å². The fourth-order valence-corrected chi connectivity index (χ4v) is 4.18. The zero-order chi connectivity index (χ0) is 27.5. The number of carbonyl (C=O) groups excluding carboxylic acids is 2. The number of nitrogens with two attached hydrogens (primary N) is 2. The number of unbranched alkanes of at least 4 members (excludes halogenated alkanes) is 1. The first kappa shape index (κ1) is 28.9. The van der Waals surface area contributed by atoms with Crippen LogP contribution < -0.4 is 16.2 Å². The molecule has 0 atom stereocenters. The second kappa shape index (κ2) is 13.7. The van der Waals surface area contributed by atoms with Crippen molar-refractivity contribution in [3.8, 4) is 5.75 Å². The predicted octanol–water partition coefficient (Wildman–Crippen LogP) is 5.79. The summed E-state index contributed by atoms with van der Waals surface area (Å²) in [6, 6.07) is 11.6. The summed E-state index contributed by atoms with van der Waals surface area (Å²) in [4.78, 5) is 23.9. The van der Waals surface area contributed by atoms with Gasteiger partial charge in [-0.05, 0) is 86.4 Å². The summed E-state index contributed by atoms with van der Waals surface area (Å²) in [7, 11) is 0. The minimum absolute atomic E-state index is 0.123. The molecule has 10 heteroatoms. The Bertz CT molecular complexity index is 1070. The van der Waals surface area contributed by atoms with Crippen molar-refractivity contribution in [1.82, 2.24) is 0 Å². The maximum atomic E-state index is 12.8. The quantitative estimate of drug-likeness (QED) is 0.162. The molecule has 1 fully saturated rings. The number of alkyl halides is 3. The molecule has 0 aliphatic heterocycles. The predicted molar refractivity (Wildman–Crippen MR) is 138 cm³/mol. The topological polar surface area (TPSA) is 114 Å². The van der Waals surface area contributed by atoms with E-state index in [1.807, 2.05) is 0 Å². The molecule has 0 unspecified atom stereocenters. The van der Waals surface area contributed by atoms with Crippen molar-refractivity contribution in [3.05, 3.63) is 59.7 Å². The molecule has 0 amide bonds. The third-order valence-corrected chi connectivity index (χ3v) is 6.32. The van der Waals surface area contributed by atoms with Gasteiger partial charge in [-0.2, -0.15) is 13.2 Å². The molecule has 0 bridgehead atoms. The highest BCUT2D eigenvalue weighted by Crippen LogP contribution is 2.39. The van der Waals surface area contributed by atoms with Crippen molar-refractivity contribution in [1.29, 1.82) is 0 Å². The number of nitrogen functional groups attached to an aromatic ring is 2. The molecule has 2 aromatic rings. The molecular formula is C28H33F3N2O5. The highest BCUT2D eigenvalue weighted by Gasteiger charge is 2.41. The summed E-state index contributed by atoms with van der Waals surface area (Å²) in [5.74, 6) is -1.46. The average Bonchev–Trinajstić information content (AvgIpc) is 2.88. The first-order valence-electron chi connectivity index (χ1n) is 12.6. The van der Waals surface area contributed by atoms with Gasteiger partial charge in [-0.15, -0.1) is 0 Å². The highest BCUT2D eigenvalue weighted by molar-refractivity contribution is 5.91. The van der Waals surface area contributed by atoms with Crippen LogP contribution in [0.25, 0.3) is 6.08 Å². The van der Waals surface area contributed by atoms with Crippen LogP contribution in [0.2, 0.25) is 0 Å². The lowest BCUT2D eigenvalue weighted by Gasteiger charge is -2.29. The molecular weight excluding hydrogens is 501 g/mol. The van der Waals surface area contributed by atoms with Crippen LogP contribution in [0.5, 0.6) is 5.75 Å². The molecule has 4 N–H and O–H groups in total. The summed E-state index contributed by atoms with van der Waals surface area (Å²) in [6.07, 6.45) is 1.21. The Balaban J connectivity index is 1.28. The van der Waals surface area contributed by atoms with Gasteiger partial charge in [0.15, 0.2) is 0 Å². The van der Waals surface area contributed by atoms with Crippen molar-refractivity contribution in [3.63, 3.8) is 0 Å². The molecule has 0 heterocycles. The van der Waals surface area contributed by atoms with Crippen LogP contribution in [0.3, 0.4) is 0 Å². The van der Waals surface area contributed by atoms with E-state index in [4.69, 9.17) is 25.7 Å². The van der Waals surface area contributed by atoms with E-state index in [2.05, 4.69) is 0 Å². The van der Waals surface area contributed by atoms with E-state index in [0.29, 0.717) is 49.4 Å². The average molecular weight is 535 g/mol. The van der Waals surface area contributed by atoms with E-state index in [1.54, 1.807) is 36.4 Å². The van der Waals surface area contributed by atoms with Gasteiger partial charge in [0.05, 0.1) is 31.3 Å². The van der Waals surface area contributed by atoms with Gasteiger partial charge in [-0.3, -0.25) is 0 Å². The third-order valence-electron chi connectivity index (χ3n) is 6.32. The highest BCUT2D eigenvalue weighted by atomic mass is 19.4. The fourth-order valence-electron chi connectivity index (χ4n) is 4.18. The minimum Gasteiger partial charge on any atom is -0.493 e. The molecule has 3 rings (SSSR count). The number of ether oxygens (including phenoxy) is 3. The molecule has 1 aliphatic rings. The largest absolute Gasteiger partial charge is 0.493 e. The Kier molecular flexibility index (Phi) is 10.4. The number of carbonyl (C=O) groups is 2. The summed E-state index contributed by atoms with van der Waals surface area (Å²) < 4.78 is 54.4. The first-order valence-corrected chi connectivity index (χ1v) is 12.6. The van der Waals surface area contributed by atoms with E-state index in [1.165, 1.54) is 18.2 Å². The summed E-state index contributed by atoms with van der Waals surface area (Å²) in [6.45, 7) is 0.745. The number of hydrogen-bond acceptors (Lipinski definition) is 7.